The molecule has 0 radical (unpaired) electrons. The number of esters is 1. The molecule has 0 saturated heterocycles. The summed E-state index contributed by atoms with van der Waals surface area (Å²) in [5.74, 6) is -0.775. The molecule has 1 N–H and O–H groups in total. The van der Waals surface area contributed by atoms with E-state index in [0.29, 0.717) is 23.4 Å². The molecule has 0 aliphatic heterocycles. The normalized spacial score (nSPS) is 12.6. The average molecular weight is 292 g/mol. The van der Waals surface area contributed by atoms with Crippen LogP contribution in [0.3, 0.4) is 0 Å². The summed E-state index contributed by atoms with van der Waals surface area (Å²) in [6.07, 6.45) is 3.94. The van der Waals surface area contributed by atoms with Crippen LogP contribution in [-0.4, -0.2) is 18.5 Å². The lowest BCUT2D eigenvalue weighted by Gasteiger charge is -2.05. The number of fused-ring (bicyclic) bond motifs is 1. The SMILES string of the molecule is CCCC(=O)OCC(=O)Nc1sc2c(c1C#N)CCC2. The van der Waals surface area contributed by atoms with Crippen molar-refractivity contribution in [3.63, 3.8) is 0 Å². The predicted octanol–water partition coefficient (Wildman–Crippen LogP) is 2.39. The number of hydrogen-bond acceptors (Lipinski definition) is 5. The zero-order valence-electron chi connectivity index (χ0n) is 11.3. The first-order chi connectivity index (χ1) is 9.65. The van der Waals surface area contributed by atoms with E-state index in [1.807, 2.05) is 6.92 Å². The van der Waals surface area contributed by atoms with Gasteiger partial charge in [-0.2, -0.15) is 5.26 Å². The number of nitrogens with one attached hydrogen (secondary N) is 1. The standard InChI is InChI=1S/C14H16N2O3S/c1-2-4-13(18)19-8-12(17)16-14-10(7-15)9-5-3-6-11(9)20-14/h2-6,8H2,1H3,(H,16,17). The number of thiophene rings is 1. The number of aryl methyl sites for hydroxylation is 1. The lowest BCUT2D eigenvalue weighted by Crippen LogP contribution is -2.20. The van der Waals surface area contributed by atoms with E-state index >= 15 is 0 Å². The summed E-state index contributed by atoms with van der Waals surface area (Å²) in [5.41, 5.74) is 1.63. The van der Waals surface area contributed by atoms with Gasteiger partial charge in [0.15, 0.2) is 6.61 Å². The summed E-state index contributed by atoms with van der Waals surface area (Å²) in [6, 6.07) is 2.15. The van der Waals surface area contributed by atoms with Crippen molar-refractivity contribution < 1.29 is 14.3 Å². The molecule has 1 heterocycles. The first-order valence-corrected chi connectivity index (χ1v) is 7.47. The maximum atomic E-state index is 11.7. The third-order valence-electron chi connectivity index (χ3n) is 3.10. The van der Waals surface area contributed by atoms with E-state index < -0.39 is 5.91 Å². The van der Waals surface area contributed by atoms with Crippen molar-refractivity contribution in [2.45, 2.75) is 39.0 Å². The van der Waals surface area contributed by atoms with Gasteiger partial charge in [0.25, 0.3) is 5.91 Å². The second-order valence-corrected chi connectivity index (χ2v) is 5.74. The molecule has 0 unspecified atom stereocenters. The van der Waals surface area contributed by atoms with Crippen LogP contribution >= 0.6 is 11.3 Å². The molecule has 1 aromatic heterocycles. The Balaban J connectivity index is 1.95. The van der Waals surface area contributed by atoms with E-state index in [9.17, 15) is 14.9 Å². The molecule has 1 aliphatic rings. The van der Waals surface area contributed by atoms with Crippen molar-refractivity contribution in [3.8, 4) is 6.07 Å². The molecular formula is C14H16N2O3S. The molecule has 0 bridgehead atoms. The van der Waals surface area contributed by atoms with Crippen LogP contribution in [0.4, 0.5) is 5.00 Å². The number of ether oxygens (including phenoxy) is 1. The number of amides is 1. The number of rotatable bonds is 5. The minimum absolute atomic E-state index is 0.299. The zero-order chi connectivity index (χ0) is 14.5. The molecule has 0 saturated carbocycles. The lowest BCUT2D eigenvalue weighted by molar-refractivity contribution is -0.147. The summed E-state index contributed by atoms with van der Waals surface area (Å²) in [4.78, 5) is 24.1. The van der Waals surface area contributed by atoms with Gasteiger partial charge in [-0.05, 0) is 31.2 Å². The zero-order valence-corrected chi connectivity index (χ0v) is 12.1. The number of anilines is 1. The van der Waals surface area contributed by atoms with Gasteiger partial charge in [0.1, 0.15) is 11.1 Å². The second-order valence-electron chi connectivity index (χ2n) is 4.63. The number of carbonyl (C=O) groups excluding carboxylic acids is 2. The van der Waals surface area contributed by atoms with E-state index in [1.165, 1.54) is 16.2 Å². The van der Waals surface area contributed by atoms with Gasteiger partial charge in [0.05, 0.1) is 5.56 Å². The molecule has 5 nitrogen and oxygen atoms in total. The summed E-state index contributed by atoms with van der Waals surface area (Å²) in [7, 11) is 0. The molecule has 0 fully saturated rings. The van der Waals surface area contributed by atoms with Crippen molar-refractivity contribution in [1.82, 2.24) is 0 Å². The van der Waals surface area contributed by atoms with Gasteiger partial charge in [-0.3, -0.25) is 9.59 Å². The van der Waals surface area contributed by atoms with Gasteiger partial charge in [-0.25, -0.2) is 0 Å². The molecule has 6 heteroatoms. The van der Waals surface area contributed by atoms with Crippen molar-refractivity contribution in [2.75, 3.05) is 11.9 Å². The van der Waals surface area contributed by atoms with Gasteiger partial charge < -0.3 is 10.1 Å². The van der Waals surface area contributed by atoms with Crippen LogP contribution in [0.15, 0.2) is 0 Å². The predicted molar refractivity (Wildman–Crippen MR) is 75.6 cm³/mol. The van der Waals surface area contributed by atoms with Gasteiger partial charge in [0, 0.05) is 11.3 Å². The van der Waals surface area contributed by atoms with Crippen LogP contribution < -0.4 is 5.32 Å². The molecule has 1 amide bonds. The molecular weight excluding hydrogens is 276 g/mol. The summed E-state index contributed by atoms with van der Waals surface area (Å²) >= 11 is 1.45. The second kappa shape index (κ2) is 6.53. The number of nitriles is 1. The minimum atomic E-state index is -0.397. The molecule has 1 aliphatic carbocycles. The molecule has 1 aromatic rings. The first kappa shape index (κ1) is 14.5. The third-order valence-corrected chi connectivity index (χ3v) is 4.31. The molecule has 0 spiro atoms. The van der Waals surface area contributed by atoms with E-state index in [2.05, 4.69) is 11.4 Å². The molecule has 20 heavy (non-hydrogen) atoms. The number of hydrogen-bond donors (Lipinski definition) is 1. The highest BCUT2D eigenvalue weighted by molar-refractivity contribution is 7.16. The van der Waals surface area contributed by atoms with Gasteiger partial charge in [-0.15, -0.1) is 11.3 Å². The Morgan fingerprint density at radius 3 is 2.95 bits per heavy atom. The monoisotopic (exact) mass is 292 g/mol. The first-order valence-electron chi connectivity index (χ1n) is 6.65. The smallest absolute Gasteiger partial charge is 0.306 e. The van der Waals surface area contributed by atoms with Crippen LogP contribution in [0.25, 0.3) is 0 Å². The maximum Gasteiger partial charge on any atom is 0.306 e. The fraction of sp³-hybridized carbons (Fsp3) is 0.500. The topological polar surface area (TPSA) is 79.2 Å². The van der Waals surface area contributed by atoms with Crippen LogP contribution in [-0.2, 0) is 27.2 Å². The quantitative estimate of drug-likeness (QED) is 0.845. The highest BCUT2D eigenvalue weighted by Crippen LogP contribution is 2.38. The summed E-state index contributed by atoms with van der Waals surface area (Å²) < 4.78 is 4.84. The molecule has 0 aromatic carbocycles. The number of carbonyl (C=O) groups is 2. The van der Waals surface area contributed by atoms with E-state index in [0.717, 1.165) is 24.8 Å². The average Bonchev–Trinajstić information content (AvgIpc) is 2.97. The van der Waals surface area contributed by atoms with Crippen LogP contribution in [0.2, 0.25) is 0 Å². The van der Waals surface area contributed by atoms with Crippen LogP contribution in [0.1, 0.15) is 42.2 Å². The summed E-state index contributed by atoms with van der Waals surface area (Å²) in [5, 5.41) is 12.4. The Kier molecular flexibility index (Phi) is 4.74. The van der Waals surface area contributed by atoms with Gasteiger partial charge >= 0.3 is 5.97 Å². The van der Waals surface area contributed by atoms with Crippen molar-refractivity contribution in [2.24, 2.45) is 0 Å². The highest BCUT2D eigenvalue weighted by atomic mass is 32.1. The maximum absolute atomic E-state index is 11.7. The fourth-order valence-electron chi connectivity index (χ4n) is 2.20. The van der Waals surface area contributed by atoms with Crippen LogP contribution in [0, 0.1) is 11.3 Å². The van der Waals surface area contributed by atoms with Gasteiger partial charge in [-0.1, -0.05) is 6.92 Å². The van der Waals surface area contributed by atoms with Crippen molar-refractivity contribution >= 4 is 28.2 Å². The Morgan fingerprint density at radius 2 is 2.25 bits per heavy atom. The number of nitrogens with zero attached hydrogens (tertiary/aromatic N) is 1. The Labute approximate surface area is 121 Å². The molecule has 0 atom stereocenters. The minimum Gasteiger partial charge on any atom is -0.456 e. The lowest BCUT2D eigenvalue weighted by atomic mass is 10.1. The molecule has 2 rings (SSSR count). The fourth-order valence-corrected chi connectivity index (χ4v) is 3.45. The van der Waals surface area contributed by atoms with Crippen molar-refractivity contribution in [1.29, 1.82) is 5.26 Å². The Bertz CT molecular complexity index is 572. The Hall–Kier alpha value is -1.87. The third kappa shape index (κ3) is 3.17. The van der Waals surface area contributed by atoms with E-state index in [1.54, 1.807) is 0 Å². The highest BCUT2D eigenvalue weighted by Gasteiger charge is 2.23. The molecule has 106 valence electrons. The van der Waals surface area contributed by atoms with Crippen molar-refractivity contribution in [3.05, 3.63) is 16.0 Å². The summed E-state index contributed by atoms with van der Waals surface area (Å²) in [6.45, 7) is 1.57. The Morgan fingerprint density at radius 1 is 1.45 bits per heavy atom. The van der Waals surface area contributed by atoms with Gasteiger partial charge in [0.2, 0.25) is 0 Å². The van der Waals surface area contributed by atoms with E-state index in [-0.39, 0.29) is 12.6 Å². The largest absolute Gasteiger partial charge is 0.456 e. The van der Waals surface area contributed by atoms with E-state index in [4.69, 9.17) is 4.74 Å². The van der Waals surface area contributed by atoms with Crippen LogP contribution in [0.5, 0.6) is 0 Å².